The molecule has 1 rings (SSSR count). The van der Waals surface area contributed by atoms with Crippen molar-refractivity contribution in [1.82, 2.24) is 16.0 Å². The van der Waals surface area contributed by atoms with E-state index in [1.54, 1.807) is 45.0 Å². The summed E-state index contributed by atoms with van der Waals surface area (Å²) in [6.45, 7) is 5.57. The van der Waals surface area contributed by atoms with Crippen molar-refractivity contribution in [2.24, 2.45) is 0 Å². The Bertz CT molecular complexity index is 582. The maximum Gasteiger partial charge on any atom is 0.408 e. The van der Waals surface area contributed by atoms with Crippen molar-refractivity contribution in [3.8, 4) is 0 Å². The monoisotopic (exact) mass is 399 g/mol. The highest BCUT2D eigenvalue weighted by Crippen LogP contribution is 2.10. The van der Waals surface area contributed by atoms with Crippen LogP contribution in [0.15, 0.2) is 28.7 Å². The third kappa shape index (κ3) is 8.52. The summed E-state index contributed by atoms with van der Waals surface area (Å²) in [6.07, 6.45) is -0.652. The van der Waals surface area contributed by atoms with Crippen LogP contribution in [0, 0.1) is 0 Å². The Morgan fingerprint density at radius 1 is 1.00 bits per heavy atom. The second-order valence-corrected chi connectivity index (χ2v) is 6.88. The fraction of sp³-hybridized carbons (Fsp3) is 0.438. The first-order valence-corrected chi connectivity index (χ1v) is 8.24. The van der Waals surface area contributed by atoms with E-state index < -0.39 is 11.7 Å². The molecule has 8 heteroatoms. The number of alkyl carbamates (subject to hydrolysis) is 1. The molecule has 0 radical (unpaired) electrons. The second kappa shape index (κ2) is 9.27. The van der Waals surface area contributed by atoms with Crippen molar-refractivity contribution < 1.29 is 19.1 Å². The van der Waals surface area contributed by atoms with E-state index in [-0.39, 0.29) is 31.4 Å². The van der Waals surface area contributed by atoms with Gasteiger partial charge in [-0.25, -0.2) is 4.79 Å². The smallest absolute Gasteiger partial charge is 0.408 e. The van der Waals surface area contributed by atoms with Gasteiger partial charge in [0, 0.05) is 23.1 Å². The lowest BCUT2D eigenvalue weighted by Gasteiger charge is -2.19. The molecule has 0 unspecified atom stereocenters. The molecule has 0 bridgehead atoms. The summed E-state index contributed by atoms with van der Waals surface area (Å²) in [7, 11) is 0. The maximum atomic E-state index is 11.8. The normalized spacial score (nSPS) is 10.7. The van der Waals surface area contributed by atoms with Gasteiger partial charge in [-0.3, -0.25) is 9.59 Å². The highest BCUT2D eigenvalue weighted by atomic mass is 79.9. The molecule has 0 aliphatic carbocycles. The Balaban J connectivity index is 2.18. The van der Waals surface area contributed by atoms with Gasteiger partial charge in [-0.15, -0.1) is 0 Å². The van der Waals surface area contributed by atoms with Crippen LogP contribution in [0.1, 0.15) is 31.1 Å². The zero-order valence-electron chi connectivity index (χ0n) is 13.9. The molecule has 0 saturated heterocycles. The average Bonchev–Trinajstić information content (AvgIpc) is 2.48. The number of ether oxygens (including phenoxy) is 1. The molecule has 7 nitrogen and oxygen atoms in total. The van der Waals surface area contributed by atoms with Gasteiger partial charge in [-0.2, -0.15) is 0 Å². The molecule has 0 aromatic heterocycles. The van der Waals surface area contributed by atoms with Crippen LogP contribution < -0.4 is 16.0 Å². The fourth-order valence-corrected chi connectivity index (χ4v) is 1.87. The van der Waals surface area contributed by atoms with Crippen molar-refractivity contribution in [3.63, 3.8) is 0 Å². The highest BCUT2D eigenvalue weighted by Gasteiger charge is 2.16. The van der Waals surface area contributed by atoms with Gasteiger partial charge in [0.2, 0.25) is 5.91 Å². The minimum absolute atomic E-state index is 0.185. The minimum atomic E-state index is -0.652. The molecular formula is C16H22BrN3O4. The number of hydrogen-bond donors (Lipinski definition) is 3. The van der Waals surface area contributed by atoms with Crippen LogP contribution >= 0.6 is 15.9 Å². The largest absolute Gasteiger partial charge is 0.444 e. The number of carbonyl (C=O) groups excluding carboxylic acids is 3. The number of rotatable bonds is 6. The van der Waals surface area contributed by atoms with Crippen molar-refractivity contribution in [2.45, 2.75) is 26.4 Å². The average molecular weight is 400 g/mol. The zero-order chi connectivity index (χ0) is 18.2. The summed E-state index contributed by atoms with van der Waals surface area (Å²) in [4.78, 5) is 34.8. The summed E-state index contributed by atoms with van der Waals surface area (Å²) in [6, 6.07) is 6.95. The predicted octanol–water partition coefficient (Wildman–Crippen LogP) is 1.82. The van der Waals surface area contributed by atoms with Gasteiger partial charge in [0.05, 0.1) is 6.54 Å². The van der Waals surface area contributed by atoms with E-state index in [4.69, 9.17) is 4.74 Å². The van der Waals surface area contributed by atoms with Crippen LogP contribution in [0.5, 0.6) is 0 Å². The van der Waals surface area contributed by atoms with Crippen molar-refractivity contribution in [3.05, 3.63) is 34.3 Å². The van der Waals surface area contributed by atoms with Crippen LogP contribution in [-0.2, 0) is 9.53 Å². The first-order valence-electron chi connectivity index (χ1n) is 7.45. The van der Waals surface area contributed by atoms with Crippen LogP contribution in [0.4, 0.5) is 4.79 Å². The maximum absolute atomic E-state index is 11.8. The lowest BCUT2D eigenvalue weighted by molar-refractivity contribution is -0.120. The number of nitrogens with one attached hydrogen (secondary N) is 3. The van der Waals surface area contributed by atoms with Gasteiger partial charge in [-0.05, 0) is 45.0 Å². The van der Waals surface area contributed by atoms with Crippen molar-refractivity contribution in [1.29, 1.82) is 0 Å². The molecule has 0 heterocycles. The number of halogens is 1. The Morgan fingerprint density at radius 3 is 2.17 bits per heavy atom. The summed E-state index contributed by atoms with van der Waals surface area (Å²) in [5.41, 5.74) is -0.0752. The molecule has 0 saturated carbocycles. The Morgan fingerprint density at radius 2 is 1.58 bits per heavy atom. The van der Waals surface area contributed by atoms with E-state index in [0.717, 1.165) is 4.47 Å². The van der Waals surface area contributed by atoms with Crippen LogP contribution in [0.3, 0.4) is 0 Å². The Kier molecular flexibility index (Phi) is 7.70. The van der Waals surface area contributed by atoms with Gasteiger partial charge >= 0.3 is 6.09 Å². The molecule has 1 aromatic carbocycles. The molecule has 3 amide bonds. The molecule has 0 aliphatic rings. The van der Waals surface area contributed by atoms with E-state index in [1.165, 1.54) is 0 Å². The van der Waals surface area contributed by atoms with Crippen LogP contribution in [-0.4, -0.2) is 43.1 Å². The van der Waals surface area contributed by atoms with Gasteiger partial charge < -0.3 is 20.7 Å². The summed E-state index contributed by atoms with van der Waals surface area (Å²) < 4.78 is 5.90. The molecule has 0 spiro atoms. The molecule has 0 aliphatic heterocycles. The van der Waals surface area contributed by atoms with Gasteiger partial charge in [0.25, 0.3) is 5.91 Å². The van der Waals surface area contributed by atoms with Crippen LogP contribution in [0.25, 0.3) is 0 Å². The van der Waals surface area contributed by atoms with Crippen molar-refractivity contribution in [2.75, 3.05) is 19.6 Å². The number of benzene rings is 1. The quantitative estimate of drug-likeness (QED) is 0.635. The third-order valence-corrected chi connectivity index (χ3v) is 3.16. The van der Waals surface area contributed by atoms with E-state index >= 15 is 0 Å². The first-order chi connectivity index (χ1) is 11.2. The second-order valence-electron chi connectivity index (χ2n) is 5.97. The molecule has 1 aromatic rings. The minimum Gasteiger partial charge on any atom is -0.444 e. The predicted molar refractivity (Wildman–Crippen MR) is 93.7 cm³/mol. The van der Waals surface area contributed by atoms with Gasteiger partial charge in [0.1, 0.15) is 5.60 Å². The topological polar surface area (TPSA) is 96.5 Å². The fourth-order valence-electron chi connectivity index (χ4n) is 1.61. The summed E-state index contributed by atoms with van der Waals surface area (Å²) >= 11 is 3.30. The Hall–Kier alpha value is -2.09. The first kappa shape index (κ1) is 20.0. The Labute approximate surface area is 149 Å². The van der Waals surface area contributed by atoms with E-state index in [9.17, 15) is 14.4 Å². The lowest BCUT2D eigenvalue weighted by atomic mass is 10.2. The highest BCUT2D eigenvalue weighted by molar-refractivity contribution is 9.10. The van der Waals surface area contributed by atoms with Gasteiger partial charge in [0.15, 0.2) is 0 Å². The summed E-state index contributed by atoms with van der Waals surface area (Å²) in [5, 5.41) is 7.63. The lowest BCUT2D eigenvalue weighted by Crippen LogP contribution is -2.42. The molecule has 24 heavy (non-hydrogen) atoms. The summed E-state index contributed by atoms with van der Waals surface area (Å²) in [5.74, 6) is -0.581. The zero-order valence-corrected chi connectivity index (χ0v) is 15.5. The molecule has 3 N–H and O–H groups in total. The standard InChI is InChI=1S/C16H22BrN3O4/c1-16(2,3)24-15(23)20-10-13(21)18-8-9-19-14(22)11-4-6-12(17)7-5-11/h4-7H,8-10H2,1-3H3,(H,18,21)(H,19,22)(H,20,23). The van der Waals surface area contributed by atoms with Crippen molar-refractivity contribution >= 4 is 33.8 Å². The van der Waals surface area contributed by atoms with Gasteiger partial charge in [-0.1, -0.05) is 15.9 Å². The number of carbonyl (C=O) groups is 3. The van der Waals surface area contributed by atoms with Crippen LogP contribution in [0.2, 0.25) is 0 Å². The SMILES string of the molecule is CC(C)(C)OC(=O)NCC(=O)NCCNC(=O)c1ccc(Br)cc1. The number of hydrogen-bond acceptors (Lipinski definition) is 4. The van der Waals surface area contributed by atoms with E-state index in [0.29, 0.717) is 5.56 Å². The molecular weight excluding hydrogens is 378 g/mol. The van der Waals surface area contributed by atoms with E-state index in [1.807, 2.05) is 0 Å². The third-order valence-electron chi connectivity index (χ3n) is 2.63. The number of amides is 3. The molecule has 0 fully saturated rings. The molecule has 132 valence electrons. The van der Waals surface area contributed by atoms with E-state index in [2.05, 4.69) is 31.9 Å². The molecule has 0 atom stereocenters.